The fraction of sp³-hybridized carbons (Fsp3) is 0.667. The van der Waals surface area contributed by atoms with Gasteiger partial charge in [0.25, 0.3) is 0 Å². The van der Waals surface area contributed by atoms with Gasteiger partial charge in [0, 0.05) is 57.3 Å². The van der Waals surface area contributed by atoms with Gasteiger partial charge in [0.2, 0.25) is 0 Å². The molecule has 1 aliphatic heterocycles. The van der Waals surface area contributed by atoms with E-state index in [9.17, 15) is 0 Å². The minimum absolute atomic E-state index is 0.299. The van der Waals surface area contributed by atoms with Crippen LogP contribution in [0, 0.1) is 0 Å². The first-order valence-electron chi connectivity index (χ1n) is 8.49. The molecular formula is C18H31N3O. The van der Waals surface area contributed by atoms with Crippen LogP contribution < -0.4 is 15.1 Å². The summed E-state index contributed by atoms with van der Waals surface area (Å²) in [5, 5.41) is 12.6. The Labute approximate surface area is 135 Å². The number of nitrogens with one attached hydrogen (secondary N) is 1. The molecule has 0 saturated carbocycles. The molecule has 2 N–H and O–H groups in total. The summed E-state index contributed by atoms with van der Waals surface area (Å²) in [6, 6.07) is 9.96. The topological polar surface area (TPSA) is 38.7 Å². The second-order valence-electron chi connectivity index (χ2n) is 6.61. The van der Waals surface area contributed by atoms with E-state index in [-0.39, 0.29) is 0 Å². The Kier molecular flexibility index (Phi) is 6.52. The fourth-order valence-corrected chi connectivity index (χ4v) is 3.15. The third kappa shape index (κ3) is 4.89. The Morgan fingerprint density at radius 2 is 1.86 bits per heavy atom. The van der Waals surface area contributed by atoms with Crippen molar-refractivity contribution in [3.05, 3.63) is 24.3 Å². The van der Waals surface area contributed by atoms with Gasteiger partial charge in [-0.1, -0.05) is 0 Å². The molecule has 1 aliphatic rings. The van der Waals surface area contributed by atoms with E-state index in [0.29, 0.717) is 18.7 Å². The molecule has 1 fully saturated rings. The van der Waals surface area contributed by atoms with E-state index in [4.69, 9.17) is 5.11 Å². The van der Waals surface area contributed by atoms with Crippen molar-refractivity contribution in [3.63, 3.8) is 0 Å². The first-order valence-corrected chi connectivity index (χ1v) is 8.49. The summed E-state index contributed by atoms with van der Waals surface area (Å²) in [6.45, 7) is 4.76. The Morgan fingerprint density at radius 3 is 2.41 bits per heavy atom. The van der Waals surface area contributed by atoms with Crippen molar-refractivity contribution in [2.24, 2.45) is 0 Å². The molecule has 4 heteroatoms. The number of rotatable bonds is 7. The van der Waals surface area contributed by atoms with Crippen LogP contribution in [0.15, 0.2) is 24.3 Å². The Morgan fingerprint density at radius 1 is 1.23 bits per heavy atom. The summed E-state index contributed by atoms with van der Waals surface area (Å²) in [6.07, 6.45) is 4.34. The number of aliphatic hydroxyl groups is 1. The zero-order chi connectivity index (χ0) is 15.9. The van der Waals surface area contributed by atoms with Crippen LogP contribution in [-0.4, -0.2) is 51.0 Å². The molecule has 1 saturated heterocycles. The highest BCUT2D eigenvalue weighted by Gasteiger charge is 2.20. The van der Waals surface area contributed by atoms with Crippen molar-refractivity contribution < 1.29 is 5.11 Å². The zero-order valence-electron chi connectivity index (χ0n) is 14.3. The molecule has 0 aromatic heterocycles. The zero-order valence-corrected chi connectivity index (χ0v) is 14.3. The van der Waals surface area contributed by atoms with Crippen molar-refractivity contribution >= 4 is 11.4 Å². The summed E-state index contributed by atoms with van der Waals surface area (Å²) in [5.74, 6) is 0. The highest BCUT2D eigenvalue weighted by Crippen LogP contribution is 2.23. The van der Waals surface area contributed by atoms with Crippen molar-refractivity contribution in [1.82, 2.24) is 5.32 Å². The van der Waals surface area contributed by atoms with Crippen LogP contribution in [0.3, 0.4) is 0 Å². The third-order valence-electron chi connectivity index (χ3n) is 4.54. The average Bonchev–Trinajstić information content (AvgIpc) is 2.54. The molecule has 1 unspecified atom stereocenters. The number of hydrogen-bond donors (Lipinski definition) is 2. The van der Waals surface area contributed by atoms with Gasteiger partial charge >= 0.3 is 0 Å². The first-order chi connectivity index (χ1) is 10.6. The quantitative estimate of drug-likeness (QED) is 0.812. The lowest BCUT2D eigenvalue weighted by atomic mass is 10.0. The average molecular weight is 305 g/mol. The van der Waals surface area contributed by atoms with E-state index in [1.54, 1.807) is 0 Å². The van der Waals surface area contributed by atoms with Crippen LogP contribution in [0.4, 0.5) is 11.4 Å². The molecule has 0 bridgehead atoms. The Hall–Kier alpha value is -1.26. The van der Waals surface area contributed by atoms with Gasteiger partial charge in [0.1, 0.15) is 0 Å². The minimum Gasteiger partial charge on any atom is -0.396 e. The SMILES string of the molecule is CC(CCCO)NC1CCN(c2ccc(N(C)C)cc2)CC1. The predicted molar refractivity (Wildman–Crippen MR) is 94.9 cm³/mol. The van der Waals surface area contributed by atoms with E-state index in [1.165, 1.54) is 24.2 Å². The van der Waals surface area contributed by atoms with Gasteiger partial charge in [-0.05, 0) is 56.9 Å². The second kappa shape index (κ2) is 8.39. The van der Waals surface area contributed by atoms with Gasteiger partial charge < -0.3 is 20.2 Å². The normalized spacial score (nSPS) is 17.5. The van der Waals surface area contributed by atoms with E-state index >= 15 is 0 Å². The smallest absolute Gasteiger partial charge is 0.0431 e. The van der Waals surface area contributed by atoms with Gasteiger partial charge in [0.05, 0.1) is 0 Å². The fourth-order valence-electron chi connectivity index (χ4n) is 3.15. The van der Waals surface area contributed by atoms with Gasteiger partial charge in [-0.15, -0.1) is 0 Å². The van der Waals surface area contributed by atoms with Crippen LogP contribution in [-0.2, 0) is 0 Å². The van der Waals surface area contributed by atoms with E-state index in [1.807, 2.05) is 0 Å². The number of hydrogen-bond acceptors (Lipinski definition) is 4. The number of aliphatic hydroxyl groups excluding tert-OH is 1. The maximum absolute atomic E-state index is 8.90. The number of anilines is 2. The predicted octanol–water partition coefficient (Wildman–Crippen LogP) is 2.47. The summed E-state index contributed by atoms with van der Waals surface area (Å²) < 4.78 is 0. The minimum atomic E-state index is 0.299. The molecule has 0 amide bonds. The summed E-state index contributed by atoms with van der Waals surface area (Å²) in [4.78, 5) is 4.61. The van der Waals surface area contributed by atoms with Gasteiger partial charge in [-0.3, -0.25) is 0 Å². The van der Waals surface area contributed by atoms with Crippen LogP contribution in [0.25, 0.3) is 0 Å². The Balaban J connectivity index is 1.79. The monoisotopic (exact) mass is 305 g/mol. The molecule has 2 rings (SSSR count). The molecule has 22 heavy (non-hydrogen) atoms. The van der Waals surface area contributed by atoms with Crippen LogP contribution in [0.1, 0.15) is 32.6 Å². The maximum Gasteiger partial charge on any atom is 0.0431 e. The first kappa shape index (κ1) is 17.1. The van der Waals surface area contributed by atoms with Gasteiger partial charge in [-0.2, -0.15) is 0 Å². The van der Waals surface area contributed by atoms with Crippen LogP contribution in [0.5, 0.6) is 0 Å². The molecule has 4 nitrogen and oxygen atoms in total. The van der Waals surface area contributed by atoms with Gasteiger partial charge in [-0.25, -0.2) is 0 Å². The molecule has 1 aromatic carbocycles. The van der Waals surface area contributed by atoms with E-state index < -0.39 is 0 Å². The van der Waals surface area contributed by atoms with Crippen LogP contribution in [0.2, 0.25) is 0 Å². The van der Waals surface area contributed by atoms with E-state index in [2.05, 4.69) is 60.4 Å². The number of benzene rings is 1. The summed E-state index contributed by atoms with van der Waals surface area (Å²) in [5.41, 5.74) is 2.58. The molecule has 0 radical (unpaired) electrons. The lowest BCUT2D eigenvalue weighted by molar-refractivity contribution is 0.270. The molecule has 1 aromatic rings. The lowest BCUT2D eigenvalue weighted by Gasteiger charge is -2.35. The van der Waals surface area contributed by atoms with Crippen molar-refractivity contribution in [2.75, 3.05) is 43.6 Å². The van der Waals surface area contributed by atoms with Crippen molar-refractivity contribution in [3.8, 4) is 0 Å². The molecule has 124 valence electrons. The number of piperidine rings is 1. The number of nitrogens with zero attached hydrogens (tertiary/aromatic N) is 2. The van der Waals surface area contributed by atoms with Crippen LogP contribution >= 0.6 is 0 Å². The largest absolute Gasteiger partial charge is 0.396 e. The van der Waals surface area contributed by atoms with E-state index in [0.717, 1.165) is 25.9 Å². The molecule has 0 aliphatic carbocycles. The van der Waals surface area contributed by atoms with Crippen molar-refractivity contribution in [2.45, 2.75) is 44.7 Å². The second-order valence-corrected chi connectivity index (χ2v) is 6.61. The summed E-state index contributed by atoms with van der Waals surface area (Å²) in [7, 11) is 4.15. The molecule has 1 atom stereocenters. The summed E-state index contributed by atoms with van der Waals surface area (Å²) >= 11 is 0. The maximum atomic E-state index is 8.90. The third-order valence-corrected chi connectivity index (χ3v) is 4.54. The highest BCUT2D eigenvalue weighted by molar-refractivity contribution is 5.56. The molecular weight excluding hydrogens is 274 g/mol. The standard InChI is InChI=1S/C18H31N3O/c1-15(5-4-14-22)19-16-10-12-21(13-11-16)18-8-6-17(7-9-18)20(2)3/h6-9,15-16,19,22H,4-5,10-14H2,1-3H3. The molecule has 0 spiro atoms. The highest BCUT2D eigenvalue weighted by atomic mass is 16.2. The Bertz CT molecular complexity index is 424. The lowest BCUT2D eigenvalue weighted by Crippen LogP contribution is -2.45. The van der Waals surface area contributed by atoms with Crippen molar-refractivity contribution in [1.29, 1.82) is 0 Å². The molecule has 1 heterocycles. The van der Waals surface area contributed by atoms with Gasteiger partial charge in [0.15, 0.2) is 0 Å².